The molecule has 0 spiro atoms. The monoisotopic (exact) mass is 151 g/mol. The summed E-state index contributed by atoms with van der Waals surface area (Å²) in [6, 6.07) is 0. The fraction of sp³-hybridized carbons (Fsp3) is 0. The van der Waals surface area contributed by atoms with Gasteiger partial charge in [-0.2, -0.15) is 0 Å². The highest BCUT2D eigenvalue weighted by molar-refractivity contribution is 7.07. The van der Waals surface area contributed by atoms with Crippen molar-refractivity contribution in [1.82, 2.24) is 9.97 Å². The predicted molar refractivity (Wildman–Crippen MR) is 36.4 cm³/mol. The first-order valence-electron chi connectivity index (χ1n) is 2.67. The molecule has 0 aliphatic heterocycles. The standard InChI is InChI=1S/C6H3N2OS/c1-2-9-6(7-1)5-3-10-4-8-5/h2-4H. The van der Waals surface area contributed by atoms with Crippen LogP contribution in [-0.4, -0.2) is 9.97 Å². The maximum Gasteiger partial charge on any atom is 0.246 e. The van der Waals surface area contributed by atoms with Crippen molar-refractivity contribution >= 4 is 11.3 Å². The number of hydrogen-bond donors (Lipinski definition) is 0. The van der Waals surface area contributed by atoms with Crippen LogP contribution in [0.5, 0.6) is 0 Å². The fourth-order valence-electron chi connectivity index (χ4n) is 0.629. The van der Waals surface area contributed by atoms with Gasteiger partial charge in [0.05, 0.1) is 5.51 Å². The molecule has 0 aromatic carbocycles. The average Bonchev–Trinajstić information content (AvgIpc) is 2.59. The molecule has 0 bridgehead atoms. The number of nitrogens with zero attached hydrogens (tertiary/aromatic N) is 2. The third-order valence-electron chi connectivity index (χ3n) is 1.04. The number of thiazole rings is 1. The molecule has 0 fully saturated rings. The highest BCUT2D eigenvalue weighted by atomic mass is 32.1. The van der Waals surface area contributed by atoms with Gasteiger partial charge in [-0.15, -0.1) is 11.3 Å². The summed E-state index contributed by atoms with van der Waals surface area (Å²) in [5, 5.41) is 1.87. The minimum atomic E-state index is 0.529. The Balaban J connectivity index is 2.48. The molecular formula is C6H3N2OS. The molecule has 2 rings (SSSR count). The topological polar surface area (TPSA) is 38.9 Å². The second kappa shape index (κ2) is 2.22. The Kier molecular flexibility index (Phi) is 1.25. The van der Waals surface area contributed by atoms with Crippen LogP contribution in [0.25, 0.3) is 11.6 Å². The molecule has 2 aromatic heterocycles. The lowest BCUT2D eigenvalue weighted by Crippen LogP contribution is -1.73. The number of aromatic nitrogens is 2. The van der Waals surface area contributed by atoms with Gasteiger partial charge in [0.2, 0.25) is 5.89 Å². The largest absolute Gasteiger partial charge is 0.443 e. The van der Waals surface area contributed by atoms with Crippen molar-refractivity contribution in [3.63, 3.8) is 0 Å². The number of rotatable bonds is 1. The maximum absolute atomic E-state index is 4.96. The molecule has 0 N–H and O–H groups in total. The minimum Gasteiger partial charge on any atom is -0.443 e. The second-order valence-corrected chi connectivity index (χ2v) is 2.37. The minimum absolute atomic E-state index is 0.529. The Morgan fingerprint density at radius 2 is 2.60 bits per heavy atom. The van der Waals surface area contributed by atoms with Crippen LogP contribution in [0.3, 0.4) is 0 Å². The molecule has 3 nitrogen and oxygen atoms in total. The molecule has 0 saturated heterocycles. The van der Waals surface area contributed by atoms with Gasteiger partial charge in [0, 0.05) is 5.38 Å². The maximum atomic E-state index is 4.96. The first-order valence-corrected chi connectivity index (χ1v) is 3.61. The third kappa shape index (κ3) is 0.823. The van der Waals surface area contributed by atoms with Crippen LogP contribution in [0.1, 0.15) is 0 Å². The van der Waals surface area contributed by atoms with Gasteiger partial charge in [-0.25, -0.2) is 9.97 Å². The summed E-state index contributed by atoms with van der Waals surface area (Å²) in [5.74, 6) is 0.529. The van der Waals surface area contributed by atoms with Gasteiger partial charge in [-0.1, -0.05) is 0 Å². The van der Waals surface area contributed by atoms with Gasteiger partial charge in [0.25, 0.3) is 0 Å². The van der Waals surface area contributed by atoms with Crippen molar-refractivity contribution in [2.24, 2.45) is 0 Å². The van der Waals surface area contributed by atoms with E-state index in [2.05, 4.69) is 16.2 Å². The van der Waals surface area contributed by atoms with Gasteiger partial charge >= 0.3 is 0 Å². The quantitative estimate of drug-likeness (QED) is 0.621. The van der Waals surface area contributed by atoms with Crippen LogP contribution >= 0.6 is 11.3 Å². The first kappa shape index (κ1) is 5.61. The highest BCUT2D eigenvalue weighted by Gasteiger charge is 2.01. The van der Waals surface area contributed by atoms with Gasteiger partial charge in [0.1, 0.15) is 18.2 Å². The molecule has 0 atom stereocenters. The summed E-state index contributed by atoms with van der Waals surface area (Å²) in [5.41, 5.74) is 2.51. The number of hydrogen-bond acceptors (Lipinski definition) is 4. The zero-order chi connectivity index (χ0) is 6.81. The smallest absolute Gasteiger partial charge is 0.246 e. The van der Waals surface area contributed by atoms with E-state index in [0.717, 1.165) is 5.69 Å². The molecule has 0 unspecified atom stereocenters. The fourth-order valence-corrected chi connectivity index (χ4v) is 1.16. The Labute approximate surface area is 61.4 Å². The van der Waals surface area contributed by atoms with E-state index in [1.54, 1.807) is 5.51 Å². The van der Waals surface area contributed by atoms with E-state index >= 15 is 0 Å². The summed E-state index contributed by atoms with van der Waals surface area (Å²) in [6.07, 6.45) is 3.98. The van der Waals surface area contributed by atoms with Crippen molar-refractivity contribution in [2.45, 2.75) is 0 Å². The van der Waals surface area contributed by atoms with Crippen LogP contribution in [0.2, 0.25) is 0 Å². The van der Waals surface area contributed by atoms with Gasteiger partial charge in [-0.05, 0) is 0 Å². The summed E-state index contributed by atoms with van der Waals surface area (Å²) in [7, 11) is 0. The van der Waals surface area contributed by atoms with Crippen molar-refractivity contribution in [3.8, 4) is 11.6 Å². The summed E-state index contributed by atoms with van der Waals surface area (Å²) in [6.45, 7) is 0. The zero-order valence-corrected chi connectivity index (χ0v) is 5.76. The Morgan fingerprint density at radius 1 is 1.60 bits per heavy atom. The van der Waals surface area contributed by atoms with Gasteiger partial charge in [0.15, 0.2) is 0 Å². The second-order valence-electron chi connectivity index (χ2n) is 1.66. The van der Waals surface area contributed by atoms with Crippen LogP contribution < -0.4 is 0 Å². The van der Waals surface area contributed by atoms with Crippen molar-refractivity contribution in [1.29, 1.82) is 0 Å². The van der Waals surface area contributed by atoms with Crippen LogP contribution in [0.4, 0.5) is 0 Å². The van der Waals surface area contributed by atoms with E-state index in [1.807, 2.05) is 5.38 Å². The summed E-state index contributed by atoms with van der Waals surface area (Å²) < 4.78 is 4.96. The lowest BCUT2D eigenvalue weighted by molar-refractivity contribution is 0.572. The van der Waals surface area contributed by atoms with E-state index in [4.69, 9.17) is 4.42 Å². The van der Waals surface area contributed by atoms with E-state index < -0.39 is 0 Å². The Hall–Kier alpha value is -1.16. The molecular weight excluding hydrogens is 148 g/mol. The lowest BCUT2D eigenvalue weighted by Gasteiger charge is -1.81. The third-order valence-corrected chi connectivity index (χ3v) is 1.63. The molecule has 49 valence electrons. The van der Waals surface area contributed by atoms with Crippen LogP contribution in [-0.2, 0) is 0 Å². The molecule has 0 saturated carbocycles. The Morgan fingerprint density at radius 3 is 3.20 bits per heavy atom. The zero-order valence-electron chi connectivity index (χ0n) is 4.94. The molecule has 0 amide bonds. The average molecular weight is 151 g/mol. The lowest BCUT2D eigenvalue weighted by atomic mass is 10.5. The van der Waals surface area contributed by atoms with Crippen molar-refractivity contribution < 1.29 is 4.42 Å². The van der Waals surface area contributed by atoms with E-state index in [1.165, 1.54) is 17.6 Å². The van der Waals surface area contributed by atoms with E-state index in [9.17, 15) is 0 Å². The van der Waals surface area contributed by atoms with Crippen LogP contribution in [0, 0.1) is 6.20 Å². The summed E-state index contributed by atoms with van der Waals surface area (Å²) >= 11 is 1.51. The normalized spacial score (nSPS) is 10.0. The van der Waals surface area contributed by atoms with Crippen molar-refractivity contribution in [3.05, 3.63) is 23.4 Å². The molecule has 4 heteroatoms. The molecule has 0 aliphatic rings. The molecule has 1 radical (unpaired) electrons. The predicted octanol–water partition coefficient (Wildman–Crippen LogP) is 1.60. The van der Waals surface area contributed by atoms with Gasteiger partial charge in [-0.3, -0.25) is 0 Å². The molecule has 10 heavy (non-hydrogen) atoms. The molecule has 2 heterocycles. The van der Waals surface area contributed by atoms with E-state index in [0.29, 0.717) is 5.89 Å². The van der Waals surface area contributed by atoms with Gasteiger partial charge < -0.3 is 4.42 Å². The van der Waals surface area contributed by atoms with Crippen LogP contribution in [0.15, 0.2) is 21.6 Å². The Bertz CT molecular complexity index is 255. The van der Waals surface area contributed by atoms with Crippen molar-refractivity contribution in [2.75, 3.05) is 0 Å². The summed E-state index contributed by atoms with van der Waals surface area (Å²) in [4.78, 5) is 7.81. The van der Waals surface area contributed by atoms with E-state index in [-0.39, 0.29) is 0 Å². The highest BCUT2D eigenvalue weighted by Crippen LogP contribution is 2.15. The molecule has 0 aliphatic carbocycles. The SMILES string of the molecule is [c]1coc(-c2cscn2)n1. The first-order chi connectivity index (χ1) is 4.97. The number of oxazole rings is 1. The molecule has 2 aromatic rings.